The number of para-hydroxylation sites is 1. The Hall–Kier alpha value is -4.35. The van der Waals surface area contributed by atoms with Crippen molar-refractivity contribution in [3.05, 3.63) is 83.4 Å². The third-order valence-corrected chi connectivity index (χ3v) is 7.00. The van der Waals surface area contributed by atoms with E-state index in [9.17, 15) is 27.5 Å². The number of rotatable bonds is 5. The van der Waals surface area contributed by atoms with Crippen molar-refractivity contribution >= 4 is 29.0 Å². The molecule has 1 N–H and O–H groups in total. The van der Waals surface area contributed by atoms with Crippen molar-refractivity contribution in [3.8, 4) is 5.75 Å². The zero-order valence-electron chi connectivity index (χ0n) is 21.3. The van der Waals surface area contributed by atoms with Crippen LogP contribution < -0.4 is 14.5 Å². The van der Waals surface area contributed by atoms with Crippen molar-refractivity contribution < 1.29 is 36.6 Å². The number of piperazine rings is 1. The van der Waals surface area contributed by atoms with Gasteiger partial charge in [0.25, 0.3) is 0 Å². The number of aliphatic carboxylic acids is 1. The molecule has 210 valence electrons. The number of benzene rings is 3. The number of hydrogen-bond donors (Lipinski definition) is 1. The minimum atomic E-state index is -4.68. The molecule has 2 heterocycles. The van der Waals surface area contributed by atoms with E-state index >= 15 is 4.39 Å². The van der Waals surface area contributed by atoms with Crippen molar-refractivity contribution in [2.24, 2.45) is 4.99 Å². The van der Waals surface area contributed by atoms with Gasteiger partial charge < -0.3 is 24.5 Å². The van der Waals surface area contributed by atoms with Crippen LogP contribution in [0, 0.1) is 11.6 Å². The van der Waals surface area contributed by atoms with Crippen molar-refractivity contribution in [1.82, 2.24) is 4.90 Å². The number of halogens is 5. The lowest BCUT2D eigenvalue weighted by Gasteiger charge is -2.45. The highest BCUT2D eigenvalue weighted by atomic mass is 19.4. The van der Waals surface area contributed by atoms with Gasteiger partial charge in [0.15, 0.2) is 0 Å². The minimum Gasteiger partial charge on any atom is -0.495 e. The molecule has 3 aromatic carbocycles. The lowest BCUT2D eigenvalue weighted by molar-refractivity contribution is -0.138. The van der Waals surface area contributed by atoms with Crippen molar-refractivity contribution in [1.29, 1.82) is 0 Å². The Morgan fingerprint density at radius 3 is 2.30 bits per heavy atom. The Bertz CT molecular complexity index is 1440. The Morgan fingerprint density at radius 1 is 1.00 bits per heavy atom. The van der Waals surface area contributed by atoms with E-state index in [2.05, 4.69) is 4.99 Å². The molecule has 5 rings (SSSR count). The largest absolute Gasteiger partial charge is 0.495 e. The van der Waals surface area contributed by atoms with E-state index < -0.39 is 36.0 Å². The molecule has 12 heteroatoms. The molecule has 0 spiro atoms. The summed E-state index contributed by atoms with van der Waals surface area (Å²) in [6.07, 6.45) is -5.22. The van der Waals surface area contributed by atoms with Gasteiger partial charge in [-0.15, -0.1) is 0 Å². The van der Waals surface area contributed by atoms with E-state index in [0.29, 0.717) is 26.2 Å². The van der Waals surface area contributed by atoms with E-state index in [1.165, 1.54) is 48.4 Å². The predicted octanol–water partition coefficient (Wildman–Crippen LogP) is 5.84. The minimum absolute atomic E-state index is 0.0433. The molecular weight excluding hydrogens is 535 g/mol. The molecule has 0 amide bonds. The number of methoxy groups -OCH3 is 1. The first-order chi connectivity index (χ1) is 19.1. The molecular formula is C28H25F5N4O3. The lowest BCUT2D eigenvalue weighted by atomic mass is 9.96. The summed E-state index contributed by atoms with van der Waals surface area (Å²) in [6, 6.07) is 12.0. The Morgan fingerprint density at radius 2 is 1.68 bits per heavy atom. The molecule has 7 nitrogen and oxygen atoms in total. The van der Waals surface area contributed by atoms with Crippen LogP contribution in [0.3, 0.4) is 0 Å². The molecule has 0 aliphatic carbocycles. The molecule has 0 saturated carbocycles. The maximum Gasteiger partial charge on any atom is 0.416 e. The second-order valence-electron chi connectivity index (χ2n) is 9.41. The number of alkyl halides is 3. The topological polar surface area (TPSA) is 68.6 Å². The summed E-state index contributed by atoms with van der Waals surface area (Å²) < 4.78 is 75.2. The Balaban J connectivity index is 1.61. The van der Waals surface area contributed by atoms with Gasteiger partial charge in [-0.1, -0.05) is 12.1 Å². The molecule has 1 atom stereocenters. The van der Waals surface area contributed by atoms with Crippen LogP contribution in [0.5, 0.6) is 5.75 Å². The second-order valence-corrected chi connectivity index (χ2v) is 9.41. The van der Waals surface area contributed by atoms with E-state index in [1.54, 1.807) is 17.0 Å². The number of carboxylic acids is 1. The number of carboxylic acid groups (broad SMARTS) is 1. The maximum atomic E-state index is 15.0. The van der Waals surface area contributed by atoms with Gasteiger partial charge in [0, 0.05) is 37.4 Å². The van der Waals surface area contributed by atoms with Crippen molar-refractivity contribution in [2.45, 2.75) is 18.6 Å². The number of carbonyl (C=O) groups is 1. The summed E-state index contributed by atoms with van der Waals surface area (Å²) in [5.74, 6) is -2.08. The van der Waals surface area contributed by atoms with Crippen LogP contribution in [0.1, 0.15) is 23.6 Å². The summed E-state index contributed by atoms with van der Waals surface area (Å²) >= 11 is 0. The zero-order valence-corrected chi connectivity index (χ0v) is 21.3. The lowest BCUT2D eigenvalue weighted by Crippen LogP contribution is -2.55. The standard InChI is InChI=1S/C28H25F5N4O3/c1-40-24-10-5-17(28(31,32)33)15-23(24)37-22(16-25(38)39)20-3-2-4-21(30)26(20)34-27(37)36-13-11-35(12-14-36)19-8-6-18(29)7-9-19/h2-10,15,22H,11-14,16H2,1H3,(H,38,39). The average Bonchev–Trinajstić information content (AvgIpc) is 2.93. The maximum absolute atomic E-state index is 15.0. The highest BCUT2D eigenvalue weighted by Crippen LogP contribution is 2.46. The SMILES string of the molecule is COc1ccc(C(F)(F)F)cc1N1C(N2CCN(c3ccc(F)cc3)CC2)=Nc2c(F)cccc2C1CC(=O)O. The van der Waals surface area contributed by atoms with Gasteiger partial charge in [-0.3, -0.25) is 4.79 Å². The quantitative estimate of drug-likeness (QED) is 0.396. The molecule has 0 bridgehead atoms. The van der Waals surface area contributed by atoms with Crippen LogP contribution in [0.25, 0.3) is 0 Å². The number of guanidine groups is 1. The monoisotopic (exact) mass is 560 g/mol. The zero-order chi connectivity index (χ0) is 28.6. The van der Waals surface area contributed by atoms with Crippen LogP contribution in [0.4, 0.5) is 39.0 Å². The number of ether oxygens (including phenoxy) is 1. The van der Waals surface area contributed by atoms with E-state index in [4.69, 9.17) is 4.74 Å². The number of fused-ring (bicyclic) bond motifs is 1. The van der Waals surface area contributed by atoms with E-state index in [-0.39, 0.29) is 34.5 Å². The number of hydrogen-bond acceptors (Lipinski definition) is 6. The Labute approximate surface area is 226 Å². The number of nitrogens with zero attached hydrogens (tertiary/aromatic N) is 4. The highest BCUT2D eigenvalue weighted by molar-refractivity contribution is 6.02. The first-order valence-corrected chi connectivity index (χ1v) is 12.5. The van der Waals surface area contributed by atoms with Crippen LogP contribution in [0.15, 0.2) is 65.7 Å². The van der Waals surface area contributed by atoms with Crippen LogP contribution in [-0.2, 0) is 11.0 Å². The van der Waals surface area contributed by atoms with Crippen LogP contribution >= 0.6 is 0 Å². The molecule has 2 aliphatic rings. The Kier molecular flexibility index (Phi) is 7.26. The molecule has 40 heavy (non-hydrogen) atoms. The van der Waals surface area contributed by atoms with E-state index in [0.717, 1.165) is 17.8 Å². The van der Waals surface area contributed by atoms with Gasteiger partial charge in [0.2, 0.25) is 5.96 Å². The fraction of sp³-hybridized carbons (Fsp3) is 0.286. The fourth-order valence-electron chi connectivity index (χ4n) is 5.09. The summed E-state index contributed by atoms with van der Waals surface area (Å²) in [7, 11) is 1.30. The summed E-state index contributed by atoms with van der Waals surface area (Å²) in [5, 5.41) is 9.79. The fourth-order valence-corrected chi connectivity index (χ4v) is 5.09. The van der Waals surface area contributed by atoms with Gasteiger partial charge in [-0.25, -0.2) is 13.8 Å². The van der Waals surface area contributed by atoms with Gasteiger partial charge >= 0.3 is 12.1 Å². The third-order valence-electron chi connectivity index (χ3n) is 7.00. The van der Waals surface area contributed by atoms with Crippen molar-refractivity contribution in [2.75, 3.05) is 43.1 Å². The van der Waals surface area contributed by atoms with Crippen LogP contribution in [0.2, 0.25) is 0 Å². The normalized spacial score (nSPS) is 17.4. The molecule has 3 aromatic rings. The molecule has 0 aromatic heterocycles. The summed E-state index contributed by atoms with van der Waals surface area (Å²) in [5.41, 5.74) is -0.0354. The van der Waals surface area contributed by atoms with Gasteiger partial charge in [0.05, 0.1) is 30.8 Å². The smallest absolute Gasteiger partial charge is 0.416 e. The van der Waals surface area contributed by atoms with Crippen molar-refractivity contribution in [3.63, 3.8) is 0 Å². The van der Waals surface area contributed by atoms with Gasteiger partial charge in [0.1, 0.15) is 23.1 Å². The molecule has 1 fully saturated rings. The number of anilines is 2. The van der Waals surface area contributed by atoms with Gasteiger partial charge in [-0.05, 0) is 48.5 Å². The number of aliphatic imine (C=N–C) groups is 1. The third kappa shape index (κ3) is 5.25. The average molecular weight is 561 g/mol. The first-order valence-electron chi connectivity index (χ1n) is 12.5. The first kappa shape index (κ1) is 27.2. The van der Waals surface area contributed by atoms with Crippen LogP contribution in [-0.4, -0.2) is 55.2 Å². The predicted molar refractivity (Wildman–Crippen MR) is 139 cm³/mol. The molecule has 2 aliphatic heterocycles. The second kappa shape index (κ2) is 10.7. The molecule has 1 saturated heterocycles. The van der Waals surface area contributed by atoms with Gasteiger partial charge in [-0.2, -0.15) is 13.2 Å². The summed E-state index contributed by atoms with van der Waals surface area (Å²) in [6.45, 7) is 1.56. The van der Waals surface area contributed by atoms with E-state index in [1.807, 2.05) is 4.90 Å². The molecule has 0 radical (unpaired) electrons. The highest BCUT2D eigenvalue weighted by Gasteiger charge is 2.40. The summed E-state index contributed by atoms with van der Waals surface area (Å²) in [4.78, 5) is 21.8. The molecule has 1 unspecified atom stereocenters.